The molecule has 0 radical (unpaired) electrons. The summed E-state index contributed by atoms with van der Waals surface area (Å²) in [6.07, 6.45) is -0.641. The van der Waals surface area contributed by atoms with Gasteiger partial charge < -0.3 is 19.5 Å². The maximum atomic E-state index is 12.3. The molecule has 1 N–H and O–H groups in total. The second kappa shape index (κ2) is 8.97. The molecule has 2 aromatic rings. The van der Waals surface area contributed by atoms with Crippen LogP contribution in [0.1, 0.15) is 19.4 Å². The number of ether oxygens (including phenoxy) is 3. The SMILES string of the molecule is COc1ccccc1O[C@H](C)C(=O)N[C@H](C)COc1ccccc1C. The molecular weight excluding hydrogens is 318 g/mol. The fourth-order valence-corrected chi connectivity index (χ4v) is 2.30. The van der Waals surface area contributed by atoms with E-state index in [1.54, 1.807) is 26.2 Å². The number of hydrogen-bond acceptors (Lipinski definition) is 4. The molecule has 1 amide bonds. The first-order chi connectivity index (χ1) is 12.0. The average Bonchev–Trinajstić information content (AvgIpc) is 2.61. The molecule has 0 aliphatic rings. The van der Waals surface area contributed by atoms with Crippen LogP contribution in [0.3, 0.4) is 0 Å². The Kier molecular flexibility index (Phi) is 6.69. The molecule has 0 aliphatic heterocycles. The van der Waals surface area contributed by atoms with Crippen molar-refractivity contribution in [2.75, 3.05) is 13.7 Å². The largest absolute Gasteiger partial charge is 0.493 e. The lowest BCUT2D eigenvalue weighted by Gasteiger charge is -2.20. The molecule has 0 saturated heterocycles. The minimum Gasteiger partial charge on any atom is -0.493 e. The van der Waals surface area contributed by atoms with Crippen molar-refractivity contribution in [3.05, 3.63) is 54.1 Å². The van der Waals surface area contributed by atoms with Crippen molar-refractivity contribution in [3.8, 4) is 17.2 Å². The van der Waals surface area contributed by atoms with Crippen molar-refractivity contribution < 1.29 is 19.0 Å². The molecule has 0 unspecified atom stereocenters. The van der Waals surface area contributed by atoms with Gasteiger partial charge in [-0.3, -0.25) is 4.79 Å². The van der Waals surface area contributed by atoms with E-state index >= 15 is 0 Å². The van der Waals surface area contributed by atoms with E-state index in [4.69, 9.17) is 14.2 Å². The fraction of sp³-hybridized carbons (Fsp3) is 0.350. The van der Waals surface area contributed by atoms with Gasteiger partial charge in [-0.15, -0.1) is 0 Å². The molecule has 0 heterocycles. The van der Waals surface area contributed by atoms with E-state index in [9.17, 15) is 4.79 Å². The first-order valence-electron chi connectivity index (χ1n) is 8.29. The highest BCUT2D eigenvalue weighted by atomic mass is 16.5. The fourth-order valence-electron chi connectivity index (χ4n) is 2.30. The molecule has 5 nitrogen and oxygen atoms in total. The molecule has 2 aromatic carbocycles. The van der Waals surface area contributed by atoms with Gasteiger partial charge in [-0.1, -0.05) is 30.3 Å². The minimum absolute atomic E-state index is 0.143. The Hall–Kier alpha value is -2.69. The van der Waals surface area contributed by atoms with E-state index in [0.29, 0.717) is 18.1 Å². The van der Waals surface area contributed by atoms with Crippen LogP contribution >= 0.6 is 0 Å². The zero-order valence-corrected chi connectivity index (χ0v) is 15.1. The Balaban J connectivity index is 1.84. The van der Waals surface area contributed by atoms with E-state index in [1.165, 1.54) is 0 Å². The normalized spacial score (nSPS) is 12.8. The first kappa shape index (κ1) is 18.6. The van der Waals surface area contributed by atoms with Gasteiger partial charge in [0.2, 0.25) is 0 Å². The van der Waals surface area contributed by atoms with E-state index in [2.05, 4.69) is 5.32 Å². The molecule has 25 heavy (non-hydrogen) atoms. The number of carbonyl (C=O) groups is 1. The van der Waals surface area contributed by atoms with Gasteiger partial charge in [0, 0.05) is 0 Å². The summed E-state index contributed by atoms with van der Waals surface area (Å²) in [5.74, 6) is 1.75. The number of benzene rings is 2. The van der Waals surface area contributed by atoms with Gasteiger partial charge >= 0.3 is 0 Å². The molecule has 0 saturated carbocycles. The number of carbonyl (C=O) groups excluding carboxylic acids is 1. The smallest absolute Gasteiger partial charge is 0.261 e. The van der Waals surface area contributed by atoms with Crippen LogP contribution in [0.5, 0.6) is 17.2 Å². The summed E-state index contributed by atoms with van der Waals surface area (Å²) in [5, 5.41) is 2.90. The number of para-hydroxylation sites is 3. The Labute approximate surface area is 148 Å². The third-order valence-corrected chi connectivity index (χ3v) is 3.71. The van der Waals surface area contributed by atoms with E-state index in [-0.39, 0.29) is 11.9 Å². The molecule has 134 valence electrons. The molecular formula is C20H25NO4. The molecule has 0 bridgehead atoms. The summed E-state index contributed by atoms with van der Waals surface area (Å²) in [7, 11) is 1.57. The van der Waals surface area contributed by atoms with Crippen molar-refractivity contribution in [2.24, 2.45) is 0 Å². The van der Waals surface area contributed by atoms with Gasteiger partial charge in [-0.05, 0) is 44.5 Å². The van der Waals surface area contributed by atoms with Crippen LogP contribution in [0.2, 0.25) is 0 Å². The minimum atomic E-state index is -0.641. The molecule has 0 fully saturated rings. The third-order valence-electron chi connectivity index (χ3n) is 3.71. The quantitative estimate of drug-likeness (QED) is 0.798. The van der Waals surface area contributed by atoms with Crippen molar-refractivity contribution in [1.29, 1.82) is 0 Å². The summed E-state index contributed by atoms with van der Waals surface area (Å²) < 4.78 is 16.7. The second-order valence-electron chi connectivity index (χ2n) is 5.90. The third kappa shape index (κ3) is 5.41. The Morgan fingerprint density at radius 2 is 1.60 bits per heavy atom. The van der Waals surface area contributed by atoms with E-state index in [0.717, 1.165) is 11.3 Å². The van der Waals surface area contributed by atoms with Crippen LogP contribution in [0.4, 0.5) is 0 Å². The lowest BCUT2D eigenvalue weighted by Crippen LogP contribution is -2.43. The predicted molar refractivity (Wildman–Crippen MR) is 97.4 cm³/mol. The second-order valence-corrected chi connectivity index (χ2v) is 5.90. The van der Waals surface area contributed by atoms with Crippen LogP contribution < -0.4 is 19.5 Å². The van der Waals surface area contributed by atoms with Crippen LogP contribution in [0.25, 0.3) is 0 Å². The summed E-state index contributed by atoms with van der Waals surface area (Å²) in [6, 6.07) is 14.9. The predicted octanol–water partition coefficient (Wildman–Crippen LogP) is 3.35. The van der Waals surface area contributed by atoms with Crippen molar-refractivity contribution in [2.45, 2.75) is 32.9 Å². The molecule has 0 aromatic heterocycles. The van der Waals surface area contributed by atoms with Crippen LogP contribution in [-0.2, 0) is 4.79 Å². The number of nitrogens with one attached hydrogen (secondary N) is 1. The Morgan fingerprint density at radius 1 is 1.00 bits per heavy atom. The van der Waals surface area contributed by atoms with Gasteiger partial charge in [-0.2, -0.15) is 0 Å². The van der Waals surface area contributed by atoms with E-state index in [1.807, 2.05) is 50.2 Å². The van der Waals surface area contributed by atoms with Crippen molar-refractivity contribution in [1.82, 2.24) is 5.32 Å². The van der Waals surface area contributed by atoms with E-state index < -0.39 is 6.10 Å². The highest BCUT2D eigenvalue weighted by molar-refractivity contribution is 5.81. The highest BCUT2D eigenvalue weighted by Gasteiger charge is 2.18. The lowest BCUT2D eigenvalue weighted by molar-refractivity contribution is -0.128. The van der Waals surface area contributed by atoms with Gasteiger partial charge in [0.1, 0.15) is 12.4 Å². The summed E-state index contributed by atoms with van der Waals surface area (Å²) in [5.41, 5.74) is 1.06. The summed E-state index contributed by atoms with van der Waals surface area (Å²) >= 11 is 0. The zero-order valence-electron chi connectivity index (χ0n) is 15.1. The first-order valence-corrected chi connectivity index (χ1v) is 8.29. The van der Waals surface area contributed by atoms with Crippen molar-refractivity contribution >= 4 is 5.91 Å². The highest BCUT2D eigenvalue weighted by Crippen LogP contribution is 2.26. The Morgan fingerprint density at radius 3 is 2.24 bits per heavy atom. The molecule has 5 heteroatoms. The number of amides is 1. The molecule has 0 spiro atoms. The maximum Gasteiger partial charge on any atom is 0.261 e. The zero-order chi connectivity index (χ0) is 18.2. The van der Waals surface area contributed by atoms with Gasteiger partial charge in [-0.25, -0.2) is 0 Å². The van der Waals surface area contributed by atoms with Crippen LogP contribution in [-0.4, -0.2) is 31.8 Å². The number of hydrogen-bond donors (Lipinski definition) is 1. The number of aryl methyl sites for hydroxylation is 1. The lowest BCUT2D eigenvalue weighted by atomic mass is 10.2. The molecule has 0 aliphatic carbocycles. The van der Waals surface area contributed by atoms with Crippen molar-refractivity contribution in [3.63, 3.8) is 0 Å². The van der Waals surface area contributed by atoms with Gasteiger partial charge in [0.15, 0.2) is 17.6 Å². The van der Waals surface area contributed by atoms with Crippen LogP contribution in [0, 0.1) is 6.92 Å². The topological polar surface area (TPSA) is 56.8 Å². The average molecular weight is 343 g/mol. The van der Waals surface area contributed by atoms with Crippen LogP contribution in [0.15, 0.2) is 48.5 Å². The number of methoxy groups -OCH3 is 1. The molecule has 2 atom stereocenters. The number of rotatable bonds is 8. The maximum absolute atomic E-state index is 12.3. The monoisotopic (exact) mass is 343 g/mol. The van der Waals surface area contributed by atoms with Gasteiger partial charge in [0.25, 0.3) is 5.91 Å². The van der Waals surface area contributed by atoms with Gasteiger partial charge in [0.05, 0.1) is 13.2 Å². The summed E-state index contributed by atoms with van der Waals surface area (Å²) in [6.45, 7) is 5.97. The summed E-state index contributed by atoms with van der Waals surface area (Å²) in [4.78, 5) is 12.3. The molecule has 2 rings (SSSR count). The Bertz CT molecular complexity index is 702. The standard InChI is InChI=1S/C20H25NO4/c1-14-9-5-6-10-17(14)24-13-15(2)21-20(22)16(3)25-19-12-8-7-11-18(19)23-4/h5-12,15-16H,13H2,1-4H3,(H,21,22)/t15-,16-/m1/s1.